The lowest BCUT2D eigenvalue weighted by atomic mass is 9.80. The molecule has 0 aromatic carbocycles. The molecular weight excluding hydrogens is 1800 g/mol. The third-order valence-electron chi connectivity index (χ3n) is 30.8. The highest BCUT2D eigenvalue weighted by atomic mass is 16.5. The Morgan fingerprint density at radius 1 is 0.364 bits per heavy atom. The average molecular weight is 1980 g/mol. The molecule has 12 fully saturated rings. The number of likely N-dealkylation sites (tertiary alicyclic amines) is 11. The summed E-state index contributed by atoms with van der Waals surface area (Å²) < 4.78 is 21.9. The number of nitrogens with zero attached hydrogens (tertiary/aromatic N) is 41. The lowest BCUT2D eigenvalue weighted by molar-refractivity contribution is 0.165. The van der Waals surface area contributed by atoms with Gasteiger partial charge in [0.15, 0.2) is 23.3 Å². The Morgan fingerprint density at radius 2 is 0.818 bits per heavy atom. The maximum atomic E-state index is 5.26. The fraction of sp³-hybridized carbons (Fsp3) is 0.762. The van der Waals surface area contributed by atoms with E-state index in [0.29, 0.717) is 60.0 Å². The third kappa shape index (κ3) is 35.8. The quantitative estimate of drug-likeness (QED) is 0.0976. The van der Waals surface area contributed by atoms with E-state index in [1.54, 1.807) is 29.7 Å². The molecule has 11 aromatic heterocycles. The van der Waals surface area contributed by atoms with Crippen molar-refractivity contribution >= 4 is 0 Å². The lowest BCUT2D eigenvalue weighted by Crippen LogP contribution is -2.39. The Bertz CT molecular complexity index is 4700. The van der Waals surface area contributed by atoms with Crippen LogP contribution in [0.25, 0.3) is 0 Å². The minimum absolute atomic E-state index is 0.0910. The van der Waals surface area contributed by atoms with Gasteiger partial charge in [-0.3, -0.25) is 14.0 Å². The van der Waals surface area contributed by atoms with Crippen LogP contribution in [0, 0.1) is 20.8 Å². The topological polar surface area (TPSA) is 356 Å². The highest BCUT2D eigenvalue weighted by Crippen LogP contribution is 2.39. The second kappa shape index (κ2) is 57.4. The van der Waals surface area contributed by atoms with E-state index in [2.05, 4.69) is 327 Å². The summed E-state index contributed by atoms with van der Waals surface area (Å²) in [5, 5.41) is 73.6. The van der Waals surface area contributed by atoms with E-state index in [1.165, 1.54) is 226 Å². The molecule has 0 bridgehead atoms. The van der Waals surface area contributed by atoms with E-state index < -0.39 is 0 Å². The molecule has 1 saturated carbocycles. The molecule has 143 heavy (non-hydrogen) atoms. The maximum Gasteiger partial charge on any atom is 0.232 e. The maximum absolute atomic E-state index is 5.26. The van der Waals surface area contributed by atoms with E-state index in [1.807, 2.05) is 70.6 Å². The Kier molecular flexibility index (Phi) is 44.3. The van der Waals surface area contributed by atoms with Crippen LogP contribution < -0.4 is 0 Å². The summed E-state index contributed by atoms with van der Waals surface area (Å²) in [6.07, 6.45) is 54.0. The van der Waals surface area contributed by atoms with Crippen LogP contribution in [0.3, 0.4) is 0 Å². The molecule has 0 amide bonds. The molecule has 42 heteroatoms. The number of rotatable bonds is 14. The van der Waals surface area contributed by atoms with Crippen molar-refractivity contribution in [3.8, 4) is 0 Å². The minimum atomic E-state index is 0.0910. The number of tetrazole rings is 3. The summed E-state index contributed by atoms with van der Waals surface area (Å²) >= 11 is 0. The molecule has 790 valence electrons. The number of hydrogen-bond donors (Lipinski definition) is 0. The Morgan fingerprint density at radius 3 is 1.24 bits per heavy atom. The van der Waals surface area contributed by atoms with Crippen molar-refractivity contribution in [2.24, 2.45) is 0 Å². The van der Waals surface area contributed by atoms with Crippen LogP contribution in [0.2, 0.25) is 0 Å². The number of hydrogen-bond acceptors (Lipinski definition) is 32. The van der Waals surface area contributed by atoms with Gasteiger partial charge in [-0.05, 0) is 466 Å². The van der Waals surface area contributed by atoms with Crippen molar-refractivity contribution in [1.29, 1.82) is 0 Å². The van der Waals surface area contributed by atoms with Crippen molar-refractivity contribution in [1.82, 2.24) is 203 Å². The fourth-order valence-electron chi connectivity index (χ4n) is 20.4. The van der Waals surface area contributed by atoms with Crippen LogP contribution in [0.15, 0.2) is 110 Å². The molecule has 22 heterocycles. The zero-order valence-corrected chi connectivity index (χ0v) is 89.9. The van der Waals surface area contributed by atoms with E-state index in [0.717, 1.165) is 132 Å². The van der Waals surface area contributed by atoms with Gasteiger partial charge in [0.2, 0.25) is 5.89 Å². The van der Waals surface area contributed by atoms with Crippen LogP contribution >= 0.6 is 0 Å². The summed E-state index contributed by atoms with van der Waals surface area (Å²) in [5.41, 5.74) is 2.48. The minimum Gasteiger partial charge on any atom is -0.351 e. The first-order valence-electron chi connectivity index (χ1n) is 53.7. The summed E-state index contributed by atoms with van der Waals surface area (Å²) in [6.45, 7) is 39.8. The molecular formula is C101H175N41O. The van der Waals surface area contributed by atoms with E-state index in [9.17, 15) is 0 Å². The smallest absolute Gasteiger partial charge is 0.232 e. The van der Waals surface area contributed by atoms with Crippen LogP contribution in [0.1, 0.15) is 281 Å². The van der Waals surface area contributed by atoms with E-state index in [-0.39, 0.29) is 5.41 Å². The Labute approximate surface area is 850 Å². The molecule has 0 radical (unpaired) electrons. The van der Waals surface area contributed by atoms with E-state index >= 15 is 0 Å². The molecule has 11 aliphatic heterocycles. The summed E-state index contributed by atoms with van der Waals surface area (Å²) in [4.78, 5) is 37.8. The van der Waals surface area contributed by atoms with Gasteiger partial charge < -0.3 is 63.0 Å². The largest absolute Gasteiger partial charge is 0.351 e. The summed E-state index contributed by atoms with van der Waals surface area (Å²) in [5.74, 6) is 6.33. The lowest BCUT2D eigenvalue weighted by Gasteiger charge is -2.34. The number of aryl methyl sites for hydroxylation is 5. The predicted octanol–water partition coefficient (Wildman–Crippen LogP) is 10.6. The molecule has 42 nitrogen and oxygen atoms in total. The summed E-state index contributed by atoms with van der Waals surface area (Å²) in [6, 6.07) is 13.2. The standard InChI is InChI=1S/C10H17N5.C10H17N3O.2C10H17N3.C10H16N2.2C9H17N5.C9H15N3.3C8H14N4/c1-14-6-4-8(5-7-14)10-11-12-13-15(10)9-2-3-9;1-8-11-9(14-12-8)10(2)4-6-13(3)7-5-10;1-9-3-8-13(11-9)10-4-6-12(2)7-5-10;1-9-7-11-13(8-9)10-3-5-12(2)6-4-10;1-11-8-4-10(5-9-11)12-6-2-3-7-12;1-3-14-9(10-11-12-14)8-4-6-13(2)7-5-8;1-3-14-11-9(10-12-14)8-4-6-13(2)7-5-8;1-11-7-3-9(4-8-11)12-6-2-5-10-12;1-11-6-2-8(3-7-11)12-9-4-5-10-12;1-11-5-2-8(3-6-11)12-7-4-9-10-12;1-11-4-2-8(3-5-11)12-7-9-6-10-12/h8-9H,2-7H2,1H3;4-7H2,1-3H3;3,8,10H,4-7H2,1-2H3;7-8,10H,3-6H2,1-2H3;2-3,6-7,10H,4-5,8-9H2,1H3;2*8H,3-7H2,1-2H3;2,5-6,9H,3-4,7-8H2,1H3;4-5,8H,2-3,6-7H2,1H3;4,7-8H,2-3,5-6H2,1H3;6-8H,2-5H2,1H3. The average Bonchev–Trinajstić information content (AvgIpc) is 1.68. The Hall–Kier alpha value is -9.76. The zero-order chi connectivity index (χ0) is 101. The van der Waals surface area contributed by atoms with Crippen molar-refractivity contribution in [3.63, 3.8) is 0 Å². The van der Waals surface area contributed by atoms with Gasteiger partial charge in [0.05, 0.1) is 79.3 Å². The number of aromatic nitrogens is 30. The predicted molar refractivity (Wildman–Crippen MR) is 556 cm³/mol. The molecule has 0 atom stereocenters. The van der Waals surface area contributed by atoms with Crippen molar-refractivity contribution in [2.75, 3.05) is 222 Å². The second-order valence-electron chi connectivity index (χ2n) is 42.5. The second-order valence-corrected chi connectivity index (χ2v) is 42.5. The molecule has 0 N–H and O–H groups in total. The molecule has 0 unspecified atom stereocenters. The van der Waals surface area contributed by atoms with Crippen molar-refractivity contribution in [3.05, 3.63) is 146 Å². The highest BCUT2D eigenvalue weighted by Gasteiger charge is 2.37. The molecule has 11 saturated heterocycles. The van der Waals surface area contributed by atoms with Crippen LogP contribution in [-0.4, -0.2) is 425 Å². The van der Waals surface area contributed by atoms with Crippen LogP contribution in [0.5, 0.6) is 0 Å². The molecule has 23 rings (SSSR count). The molecule has 0 spiro atoms. The van der Waals surface area contributed by atoms with Gasteiger partial charge in [-0.25, -0.2) is 23.7 Å². The van der Waals surface area contributed by atoms with E-state index in [4.69, 9.17) is 4.52 Å². The molecule has 12 aliphatic rings. The number of piperidine rings is 11. The molecule has 11 aromatic rings. The van der Waals surface area contributed by atoms with Gasteiger partial charge in [-0.1, -0.05) is 17.3 Å². The summed E-state index contributed by atoms with van der Waals surface area (Å²) in [7, 11) is 23.9. The third-order valence-corrected chi connectivity index (χ3v) is 30.8. The van der Waals surface area contributed by atoms with Gasteiger partial charge >= 0.3 is 0 Å². The fourth-order valence-corrected chi connectivity index (χ4v) is 20.4. The molecule has 1 aliphatic carbocycles. The van der Waals surface area contributed by atoms with Crippen LogP contribution in [0.4, 0.5) is 0 Å². The first kappa shape index (κ1) is 110. The highest BCUT2D eigenvalue weighted by molar-refractivity contribution is 5.07. The Balaban J connectivity index is 0.000000132. The first-order chi connectivity index (χ1) is 69.4. The van der Waals surface area contributed by atoms with Crippen molar-refractivity contribution in [2.45, 2.75) is 280 Å². The van der Waals surface area contributed by atoms with Gasteiger partial charge in [0.25, 0.3) is 0 Å². The van der Waals surface area contributed by atoms with Crippen molar-refractivity contribution < 1.29 is 4.52 Å². The normalized spacial score (nSPS) is 21.5. The zero-order valence-electron chi connectivity index (χ0n) is 89.9. The van der Waals surface area contributed by atoms with Gasteiger partial charge in [0.1, 0.15) is 12.7 Å². The SMILES string of the molecule is CCn1nnc(C2CCN(C)CC2)n1.CCn1nnnc1C1CCN(C)CC1.CN1CCC(c2nnnn2C2CC2)CC1.CN1CCC(n2cccc2)CC1.CN1CCC(n2cccn2)CC1.CN1CCC(n2ccnn2)CC1.CN1CCC(n2cncn2)CC1.CN1CCC(n2nccn2)CC1.Cc1ccn(C2CCN(C)CC2)n1.Cc1cnn(C2CCN(C)CC2)c1.Cc1noc(C2(C)CCN(C)CC2)n1. The first-order valence-corrected chi connectivity index (χ1v) is 53.7. The monoisotopic (exact) mass is 1980 g/mol. The van der Waals surface area contributed by atoms with Gasteiger partial charge in [0, 0.05) is 79.1 Å². The van der Waals surface area contributed by atoms with Crippen LogP contribution in [-0.2, 0) is 18.5 Å². The van der Waals surface area contributed by atoms with Gasteiger partial charge in [-0.15, -0.1) is 25.5 Å². The van der Waals surface area contributed by atoms with Gasteiger partial charge in [-0.2, -0.15) is 45.2 Å².